The smallest absolute Gasteiger partial charge is 0.240 e. The highest BCUT2D eigenvalue weighted by Crippen LogP contribution is 2.35. The number of rotatable bonds is 4. The average Bonchev–Trinajstić information content (AvgIpc) is 3.14. The lowest BCUT2D eigenvalue weighted by molar-refractivity contribution is -0.141. The Morgan fingerprint density at radius 3 is 2.71 bits per heavy atom. The molecule has 1 saturated heterocycles. The van der Waals surface area contributed by atoms with Gasteiger partial charge in [-0.1, -0.05) is 19.3 Å². The van der Waals surface area contributed by atoms with Crippen LogP contribution in [0.3, 0.4) is 0 Å². The van der Waals surface area contributed by atoms with Gasteiger partial charge in [0, 0.05) is 50.1 Å². The fourth-order valence-electron chi connectivity index (χ4n) is 5.48. The molecule has 1 aliphatic carbocycles. The molecule has 1 N–H and O–H groups in total. The number of nitrogens with zero attached hydrogens (tertiary/aromatic N) is 5. The number of hydrogen-bond acceptors (Lipinski definition) is 6. The Kier molecular flexibility index (Phi) is 6.00. The first kappa shape index (κ1) is 20.6. The van der Waals surface area contributed by atoms with Gasteiger partial charge >= 0.3 is 0 Å². The molecular weight excluding hydrogens is 392 g/mol. The molecule has 5 rings (SSSR count). The molecule has 4 heterocycles. The van der Waals surface area contributed by atoms with Crippen molar-refractivity contribution in [2.24, 2.45) is 0 Å². The van der Waals surface area contributed by atoms with Crippen LogP contribution in [0.2, 0.25) is 0 Å². The summed E-state index contributed by atoms with van der Waals surface area (Å²) in [5.74, 6) is 2.09. The third-order valence-corrected chi connectivity index (χ3v) is 7.22. The molecule has 1 unspecified atom stereocenters. The topological polar surface area (TPSA) is 85.2 Å². The average molecular weight is 425 g/mol. The lowest BCUT2D eigenvalue weighted by atomic mass is 9.79. The van der Waals surface area contributed by atoms with Gasteiger partial charge in [0.2, 0.25) is 5.91 Å². The largest absolute Gasteiger partial charge is 0.379 e. The number of fused-ring (bicyclic) bond motifs is 1. The first-order chi connectivity index (χ1) is 15.3. The van der Waals surface area contributed by atoms with Crippen LogP contribution in [0.25, 0.3) is 11.4 Å². The summed E-state index contributed by atoms with van der Waals surface area (Å²) in [5.41, 5.74) is 0.627. The van der Waals surface area contributed by atoms with Crippen LogP contribution in [0.1, 0.15) is 50.8 Å². The van der Waals surface area contributed by atoms with Crippen LogP contribution in [0.5, 0.6) is 0 Å². The number of carbonyl (C=O) groups excluding carboxylic acids is 1. The van der Waals surface area contributed by atoms with Crippen LogP contribution < -0.4 is 5.32 Å². The summed E-state index contributed by atoms with van der Waals surface area (Å²) in [6.45, 7) is 3.97. The fourth-order valence-corrected chi connectivity index (χ4v) is 5.48. The highest BCUT2D eigenvalue weighted by Gasteiger charge is 2.45. The van der Waals surface area contributed by atoms with E-state index in [0.717, 1.165) is 95.0 Å². The first-order valence-corrected chi connectivity index (χ1v) is 11.7. The summed E-state index contributed by atoms with van der Waals surface area (Å²) in [5, 5.41) is 12.3. The van der Waals surface area contributed by atoms with Crippen molar-refractivity contribution in [1.82, 2.24) is 30.0 Å². The summed E-state index contributed by atoms with van der Waals surface area (Å²) < 4.78 is 7.76. The minimum Gasteiger partial charge on any atom is -0.379 e. The predicted octanol–water partition coefficient (Wildman–Crippen LogP) is 2.20. The molecule has 1 saturated carbocycles. The summed E-state index contributed by atoms with van der Waals surface area (Å²) in [6.07, 6.45) is 11.6. The van der Waals surface area contributed by atoms with Gasteiger partial charge in [0.05, 0.1) is 13.2 Å². The standard InChI is InChI=1S/C23H32N6O2/c30-22(23(9-2-1-3-10-23)28-13-15-31-16-14-28)25-19-6-7-20-26-27-21(29(20)12-8-19)18-5-4-11-24-17-18/h4-5,11,17,19H,1-3,6-10,12-16H2,(H,25,30). The van der Waals surface area contributed by atoms with E-state index in [1.807, 2.05) is 18.3 Å². The number of aryl methyl sites for hydroxylation is 1. The number of carbonyl (C=O) groups is 1. The molecule has 0 spiro atoms. The van der Waals surface area contributed by atoms with Gasteiger partial charge in [0.1, 0.15) is 11.4 Å². The second-order valence-corrected chi connectivity index (χ2v) is 9.02. The van der Waals surface area contributed by atoms with E-state index in [4.69, 9.17) is 4.74 Å². The Labute approximate surface area is 183 Å². The highest BCUT2D eigenvalue weighted by atomic mass is 16.5. The SMILES string of the molecule is O=C(NC1CCc2nnc(-c3cccnc3)n2CC1)C1(N2CCOCC2)CCCCC1. The van der Waals surface area contributed by atoms with Gasteiger partial charge in [-0.2, -0.15) is 0 Å². The normalized spacial score (nSPS) is 24.2. The second kappa shape index (κ2) is 9.04. The van der Waals surface area contributed by atoms with Gasteiger partial charge in [-0.25, -0.2) is 0 Å². The van der Waals surface area contributed by atoms with Gasteiger partial charge < -0.3 is 14.6 Å². The predicted molar refractivity (Wildman–Crippen MR) is 116 cm³/mol. The first-order valence-electron chi connectivity index (χ1n) is 11.7. The Balaban J connectivity index is 1.29. The summed E-state index contributed by atoms with van der Waals surface area (Å²) in [6, 6.07) is 4.10. The number of amides is 1. The zero-order valence-corrected chi connectivity index (χ0v) is 18.1. The van der Waals surface area contributed by atoms with Crippen molar-refractivity contribution in [3.63, 3.8) is 0 Å². The number of pyridine rings is 1. The van der Waals surface area contributed by atoms with E-state index in [-0.39, 0.29) is 17.5 Å². The monoisotopic (exact) mass is 424 g/mol. The minimum absolute atomic E-state index is 0.163. The van der Waals surface area contributed by atoms with Crippen molar-refractivity contribution in [3.05, 3.63) is 30.4 Å². The van der Waals surface area contributed by atoms with E-state index in [9.17, 15) is 4.79 Å². The number of ether oxygens (including phenoxy) is 1. The van der Waals surface area contributed by atoms with E-state index < -0.39 is 0 Å². The van der Waals surface area contributed by atoms with Crippen molar-refractivity contribution >= 4 is 5.91 Å². The molecule has 2 fully saturated rings. The second-order valence-electron chi connectivity index (χ2n) is 9.02. The molecule has 1 atom stereocenters. The molecule has 166 valence electrons. The lowest BCUT2D eigenvalue weighted by Gasteiger charge is -2.47. The highest BCUT2D eigenvalue weighted by molar-refractivity contribution is 5.86. The van der Waals surface area contributed by atoms with Crippen molar-refractivity contribution in [3.8, 4) is 11.4 Å². The number of hydrogen-bond donors (Lipinski definition) is 1. The lowest BCUT2D eigenvalue weighted by Crippen LogP contribution is -2.63. The number of nitrogens with one attached hydrogen (secondary N) is 1. The van der Waals surface area contributed by atoms with Crippen molar-refractivity contribution in [2.75, 3.05) is 26.3 Å². The van der Waals surface area contributed by atoms with Crippen LogP contribution in [-0.2, 0) is 22.5 Å². The van der Waals surface area contributed by atoms with E-state index in [1.165, 1.54) is 6.42 Å². The van der Waals surface area contributed by atoms with Crippen LogP contribution in [0, 0.1) is 0 Å². The van der Waals surface area contributed by atoms with Crippen LogP contribution in [0.15, 0.2) is 24.5 Å². The summed E-state index contributed by atoms with van der Waals surface area (Å²) in [4.78, 5) is 20.3. The summed E-state index contributed by atoms with van der Waals surface area (Å²) >= 11 is 0. The van der Waals surface area contributed by atoms with Gasteiger partial charge in [0.15, 0.2) is 5.82 Å². The maximum absolute atomic E-state index is 13.7. The molecule has 1 amide bonds. The molecule has 8 heteroatoms. The molecule has 2 aromatic rings. The molecule has 2 aliphatic heterocycles. The van der Waals surface area contributed by atoms with Crippen LogP contribution >= 0.6 is 0 Å². The van der Waals surface area contributed by atoms with E-state index in [1.54, 1.807) is 6.20 Å². The van der Waals surface area contributed by atoms with Gasteiger partial charge in [-0.3, -0.25) is 14.7 Å². The molecule has 2 aromatic heterocycles. The zero-order valence-electron chi connectivity index (χ0n) is 18.1. The Bertz CT molecular complexity index is 887. The minimum atomic E-state index is -0.357. The quantitative estimate of drug-likeness (QED) is 0.810. The van der Waals surface area contributed by atoms with E-state index in [2.05, 4.69) is 30.0 Å². The van der Waals surface area contributed by atoms with Gasteiger partial charge in [-0.05, 0) is 37.8 Å². The maximum Gasteiger partial charge on any atom is 0.240 e. The Morgan fingerprint density at radius 2 is 1.94 bits per heavy atom. The maximum atomic E-state index is 13.7. The van der Waals surface area contributed by atoms with Crippen molar-refractivity contribution in [2.45, 2.75) is 69.5 Å². The van der Waals surface area contributed by atoms with E-state index in [0.29, 0.717) is 0 Å². The molecule has 0 bridgehead atoms. The third-order valence-electron chi connectivity index (χ3n) is 7.22. The van der Waals surface area contributed by atoms with Crippen LogP contribution in [0.4, 0.5) is 0 Å². The fraction of sp³-hybridized carbons (Fsp3) is 0.652. The molecular formula is C23H32N6O2. The number of aromatic nitrogens is 4. The Hall–Kier alpha value is -2.32. The van der Waals surface area contributed by atoms with Gasteiger partial charge in [0.25, 0.3) is 0 Å². The van der Waals surface area contributed by atoms with E-state index >= 15 is 0 Å². The van der Waals surface area contributed by atoms with Gasteiger partial charge in [-0.15, -0.1) is 10.2 Å². The molecule has 8 nitrogen and oxygen atoms in total. The van der Waals surface area contributed by atoms with Crippen molar-refractivity contribution in [1.29, 1.82) is 0 Å². The molecule has 3 aliphatic rings. The van der Waals surface area contributed by atoms with Crippen LogP contribution in [-0.4, -0.2) is 68.4 Å². The molecule has 0 aromatic carbocycles. The third kappa shape index (κ3) is 4.11. The van der Waals surface area contributed by atoms with Crippen molar-refractivity contribution < 1.29 is 9.53 Å². The zero-order chi connectivity index (χ0) is 21.1. The molecule has 31 heavy (non-hydrogen) atoms. The Morgan fingerprint density at radius 1 is 1.10 bits per heavy atom. The summed E-state index contributed by atoms with van der Waals surface area (Å²) in [7, 11) is 0. The molecule has 0 radical (unpaired) electrons. The number of morpholine rings is 1.